The largest absolute Gasteiger partial charge is 0.462 e. The van der Waals surface area contributed by atoms with Gasteiger partial charge in [0.25, 0.3) is 10.0 Å². The van der Waals surface area contributed by atoms with Crippen LogP contribution >= 0.6 is 0 Å². The number of carbonyl (C=O) groups is 1. The fourth-order valence-electron chi connectivity index (χ4n) is 2.96. The van der Waals surface area contributed by atoms with Crippen LogP contribution in [0.4, 0.5) is 8.78 Å². The third kappa shape index (κ3) is 4.16. The molecule has 1 saturated heterocycles. The van der Waals surface area contributed by atoms with Crippen LogP contribution in [0.25, 0.3) is 0 Å². The molecule has 0 saturated carbocycles. The van der Waals surface area contributed by atoms with Gasteiger partial charge in [-0.25, -0.2) is 22.0 Å². The molecule has 10 heteroatoms. The predicted molar refractivity (Wildman–Crippen MR) is 91.6 cm³/mol. The van der Waals surface area contributed by atoms with Gasteiger partial charge in [-0.2, -0.15) is 9.40 Å². The van der Waals surface area contributed by atoms with Crippen LogP contribution in [0.3, 0.4) is 0 Å². The lowest BCUT2D eigenvalue weighted by atomic mass is 10.2. The summed E-state index contributed by atoms with van der Waals surface area (Å²) in [5, 5.41) is 3.62. The summed E-state index contributed by atoms with van der Waals surface area (Å²) in [7, 11) is -3.97. The summed E-state index contributed by atoms with van der Waals surface area (Å²) < 4.78 is 59.9. The summed E-state index contributed by atoms with van der Waals surface area (Å²) in [5.74, 6) is -2.33. The lowest BCUT2D eigenvalue weighted by molar-refractivity contribution is 0.0521. The molecule has 3 rings (SSSR count). The Morgan fingerprint density at radius 2 is 1.81 bits per heavy atom. The average Bonchev–Trinajstić information content (AvgIpc) is 3.24. The molecule has 2 aromatic rings. The summed E-state index contributed by atoms with van der Waals surface area (Å²) >= 11 is 0. The Morgan fingerprint density at radius 1 is 1.19 bits per heavy atom. The smallest absolute Gasteiger partial charge is 0.342 e. The molecule has 0 unspecified atom stereocenters. The van der Waals surface area contributed by atoms with Gasteiger partial charge < -0.3 is 4.74 Å². The summed E-state index contributed by atoms with van der Waals surface area (Å²) in [4.78, 5) is 12.2. The molecule has 0 amide bonds. The Kier molecular flexibility index (Phi) is 5.56. The first-order valence-electron chi connectivity index (χ1n) is 8.51. The third-order valence-corrected chi connectivity index (χ3v) is 5.97. The molecule has 2 heterocycles. The zero-order valence-corrected chi connectivity index (χ0v) is 15.5. The van der Waals surface area contributed by atoms with E-state index in [9.17, 15) is 22.0 Å². The zero-order chi connectivity index (χ0) is 19.6. The number of carbonyl (C=O) groups excluding carboxylic acids is 1. The Labute approximate surface area is 155 Å². The van der Waals surface area contributed by atoms with Crippen molar-refractivity contribution >= 4 is 16.0 Å². The van der Waals surface area contributed by atoms with E-state index >= 15 is 0 Å². The van der Waals surface area contributed by atoms with Crippen molar-refractivity contribution in [3.05, 3.63) is 47.2 Å². The van der Waals surface area contributed by atoms with E-state index in [0.29, 0.717) is 13.1 Å². The highest BCUT2D eigenvalue weighted by Crippen LogP contribution is 2.24. The lowest BCUT2D eigenvalue weighted by Crippen LogP contribution is -2.29. The standard InChI is InChI=1S/C17H19F2N3O4S/c1-2-26-17(23)15-11-21(10-12-7-13(18)9-14(19)8-12)20-16(15)27(24,25)22-5-3-4-6-22/h7-9,11H,2-6,10H2,1H3. The summed E-state index contributed by atoms with van der Waals surface area (Å²) in [6.07, 6.45) is 2.69. The molecule has 1 fully saturated rings. The van der Waals surface area contributed by atoms with Gasteiger partial charge >= 0.3 is 5.97 Å². The molecule has 1 aliphatic rings. The Bertz CT molecular complexity index is 933. The van der Waals surface area contributed by atoms with Crippen molar-refractivity contribution in [3.63, 3.8) is 0 Å². The number of ether oxygens (including phenoxy) is 1. The molecule has 1 aromatic heterocycles. The van der Waals surface area contributed by atoms with Crippen LogP contribution in [0.15, 0.2) is 29.4 Å². The molecule has 7 nitrogen and oxygen atoms in total. The van der Waals surface area contributed by atoms with E-state index in [0.717, 1.165) is 31.0 Å². The van der Waals surface area contributed by atoms with Gasteiger partial charge in [0.05, 0.1) is 13.2 Å². The van der Waals surface area contributed by atoms with E-state index in [1.165, 1.54) is 15.2 Å². The monoisotopic (exact) mass is 399 g/mol. The topological polar surface area (TPSA) is 81.5 Å². The van der Waals surface area contributed by atoms with Gasteiger partial charge in [0, 0.05) is 25.4 Å². The maximum atomic E-state index is 13.4. The van der Waals surface area contributed by atoms with Crippen molar-refractivity contribution in [1.82, 2.24) is 14.1 Å². The molecular formula is C17H19F2N3O4S. The fraction of sp³-hybridized carbons (Fsp3) is 0.412. The highest BCUT2D eigenvalue weighted by atomic mass is 32.2. The number of hydrogen-bond donors (Lipinski definition) is 0. The van der Waals surface area contributed by atoms with Gasteiger partial charge in [-0.15, -0.1) is 0 Å². The maximum absolute atomic E-state index is 13.4. The second kappa shape index (κ2) is 7.73. The summed E-state index contributed by atoms with van der Waals surface area (Å²) in [6, 6.07) is 2.97. The minimum Gasteiger partial charge on any atom is -0.462 e. The van der Waals surface area contributed by atoms with E-state index in [4.69, 9.17) is 4.74 Å². The van der Waals surface area contributed by atoms with E-state index in [1.807, 2.05) is 0 Å². The third-order valence-electron chi connectivity index (χ3n) is 4.14. The quantitative estimate of drug-likeness (QED) is 0.696. The number of benzene rings is 1. The number of esters is 1. The second-order valence-corrected chi connectivity index (χ2v) is 8.01. The van der Waals surface area contributed by atoms with Gasteiger partial charge in [-0.3, -0.25) is 4.68 Å². The van der Waals surface area contributed by atoms with Crippen molar-refractivity contribution in [2.75, 3.05) is 19.7 Å². The first kappa shape index (κ1) is 19.4. The molecule has 146 valence electrons. The molecule has 1 aromatic carbocycles. The lowest BCUT2D eigenvalue weighted by Gasteiger charge is -2.14. The molecular weight excluding hydrogens is 380 g/mol. The summed E-state index contributed by atoms with van der Waals surface area (Å²) in [5.41, 5.74) is 0.0520. The minimum atomic E-state index is -3.97. The molecule has 0 radical (unpaired) electrons. The van der Waals surface area contributed by atoms with Crippen LogP contribution in [-0.2, 0) is 21.3 Å². The Morgan fingerprint density at radius 3 is 2.41 bits per heavy atom. The number of halogens is 2. The molecule has 1 aliphatic heterocycles. The number of sulfonamides is 1. The van der Waals surface area contributed by atoms with Crippen LogP contribution in [0.2, 0.25) is 0 Å². The van der Waals surface area contributed by atoms with Crippen molar-refractivity contribution in [1.29, 1.82) is 0 Å². The van der Waals surface area contributed by atoms with Crippen molar-refractivity contribution in [3.8, 4) is 0 Å². The predicted octanol–water partition coefficient (Wildman–Crippen LogP) is 2.17. The van der Waals surface area contributed by atoms with Gasteiger partial charge in [0.15, 0.2) is 0 Å². The van der Waals surface area contributed by atoms with Crippen molar-refractivity contribution in [2.45, 2.75) is 31.3 Å². The average molecular weight is 399 g/mol. The van der Waals surface area contributed by atoms with Crippen LogP contribution in [0.5, 0.6) is 0 Å². The van der Waals surface area contributed by atoms with Crippen LogP contribution in [-0.4, -0.2) is 48.2 Å². The number of hydrogen-bond acceptors (Lipinski definition) is 5. The summed E-state index contributed by atoms with van der Waals surface area (Å²) in [6.45, 7) is 2.28. The van der Waals surface area contributed by atoms with Crippen LogP contribution < -0.4 is 0 Å². The van der Waals surface area contributed by atoms with Crippen molar-refractivity contribution < 1.29 is 26.7 Å². The molecule has 27 heavy (non-hydrogen) atoms. The molecule has 0 aliphatic carbocycles. The first-order valence-corrected chi connectivity index (χ1v) is 9.95. The van der Waals surface area contributed by atoms with E-state index in [1.54, 1.807) is 6.92 Å². The second-order valence-electron chi connectivity index (χ2n) is 6.15. The van der Waals surface area contributed by atoms with Gasteiger partial charge in [0.2, 0.25) is 5.03 Å². The van der Waals surface area contributed by atoms with Crippen LogP contribution in [0, 0.1) is 11.6 Å². The van der Waals surface area contributed by atoms with E-state index in [2.05, 4.69) is 5.10 Å². The molecule has 0 N–H and O–H groups in total. The van der Waals surface area contributed by atoms with Gasteiger partial charge in [-0.05, 0) is 37.5 Å². The normalized spacial score (nSPS) is 15.2. The van der Waals surface area contributed by atoms with E-state index < -0.39 is 32.7 Å². The minimum absolute atomic E-state index is 0.0717. The maximum Gasteiger partial charge on any atom is 0.342 e. The van der Waals surface area contributed by atoms with Crippen molar-refractivity contribution in [2.24, 2.45) is 0 Å². The fourth-order valence-corrected chi connectivity index (χ4v) is 4.57. The number of nitrogens with zero attached hydrogens (tertiary/aromatic N) is 3. The van der Waals surface area contributed by atoms with Gasteiger partial charge in [0.1, 0.15) is 17.2 Å². The Balaban J connectivity index is 2.00. The Hall–Kier alpha value is -2.33. The highest BCUT2D eigenvalue weighted by Gasteiger charge is 2.34. The highest BCUT2D eigenvalue weighted by molar-refractivity contribution is 7.89. The molecule has 0 atom stereocenters. The van der Waals surface area contributed by atoms with E-state index in [-0.39, 0.29) is 24.3 Å². The van der Waals surface area contributed by atoms with Crippen LogP contribution in [0.1, 0.15) is 35.7 Å². The SMILES string of the molecule is CCOC(=O)c1cn(Cc2cc(F)cc(F)c2)nc1S(=O)(=O)N1CCCC1. The number of rotatable bonds is 6. The molecule has 0 spiro atoms. The number of aromatic nitrogens is 2. The van der Waals surface area contributed by atoms with Gasteiger partial charge in [-0.1, -0.05) is 0 Å². The first-order chi connectivity index (χ1) is 12.8. The molecule has 0 bridgehead atoms. The zero-order valence-electron chi connectivity index (χ0n) is 14.7.